The molecule has 0 aliphatic rings. The maximum Gasteiger partial charge on any atom is 0.251 e. The molecule has 0 atom stereocenters. The first kappa shape index (κ1) is 17.2. The van der Waals surface area contributed by atoms with Gasteiger partial charge in [0.2, 0.25) is 0 Å². The van der Waals surface area contributed by atoms with Crippen molar-refractivity contribution in [2.24, 2.45) is 0 Å². The van der Waals surface area contributed by atoms with Gasteiger partial charge in [-0.2, -0.15) is 0 Å². The van der Waals surface area contributed by atoms with Gasteiger partial charge in [-0.3, -0.25) is 4.79 Å². The highest BCUT2D eigenvalue weighted by Crippen LogP contribution is 2.17. The smallest absolute Gasteiger partial charge is 0.251 e. The number of fused-ring (bicyclic) bond motifs is 1. The maximum atomic E-state index is 12.1. The molecule has 0 saturated heterocycles. The molecule has 25 heavy (non-hydrogen) atoms. The molecule has 0 aliphatic carbocycles. The summed E-state index contributed by atoms with van der Waals surface area (Å²) in [4.78, 5) is 16.9. The number of nitrogens with zero attached hydrogens (tertiary/aromatic N) is 2. The van der Waals surface area contributed by atoms with Crippen LogP contribution in [0.4, 0.5) is 0 Å². The van der Waals surface area contributed by atoms with E-state index < -0.39 is 0 Å². The number of amides is 1. The molecular formula is C21H25N3O. The summed E-state index contributed by atoms with van der Waals surface area (Å²) in [6, 6.07) is 15.9. The van der Waals surface area contributed by atoms with Crippen molar-refractivity contribution >= 4 is 16.9 Å². The number of aromatic nitrogens is 2. The van der Waals surface area contributed by atoms with E-state index in [1.807, 2.05) is 37.3 Å². The lowest BCUT2D eigenvalue weighted by Crippen LogP contribution is -2.25. The van der Waals surface area contributed by atoms with Gasteiger partial charge in [-0.05, 0) is 44.0 Å². The molecule has 130 valence electrons. The Hall–Kier alpha value is -2.62. The molecule has 2 aromatic carbocycles. The summed E-state index contributed by atoms with van der Waals surface area (Å²) in [7, 11) is 0. The quantitative estimate of drug-likeness (QED) is 0.660. The minimum absolute atomic E-state index is 0.0120. The number of hydrogen-bond acceptors (Lipinski definition) is 2. The first-order valence-electron chi connectivity index (χ1n) is 8.98. The molecule has 1 heterocycles. The average molecular weight is 335 g/mol. The van der Waals surface area contributed by atoms with E-state index in [1.54, 1.807) is 0 Å². The molecule has 1 aromatic heterocycles. The second-order valence-corrected chi connectivity index (χ2v) is 6.39. The minimum Gasteiger partial charge on any atom is -0.352 e. The van der Waals surface area contributed by atoms with Crippen molar-refractivity contribution in [2.45, 2.75) is 39.7 Å². The van der Waals surface area contributed by atoms with E-state index in [2.05, 4.69) is 35.0 Å². The highest BCUT2D eigenvalue weighted by molar-refractivity contribution is 5.94. The Morgan fingerprint density at radius 3 is 2.64 bits per heavy atom. The third-order valence-electron chi connectivity index (χ3n) is 4.36. The topological polar surface area (TPSA) is 46.9 Å². The number of nitrogens with one attached hydrogen (secondary N) is 1. The summed E-state index contributed by atoms with van der Waals surface area (Å²) in [6.07, 6.45) is 2.82. The SMILES string of the molecule is CCCn1c(CCCNC(=O)c2ccc(C)cc2)nc2ccccc21. The Labute approximate surface area is 148 Å². The number of para-hydroxylation sites is 2. The zero-order valence-electron chi connectivity index (χ0n) is 15.0. The fourth-order valence-corrected chi connectivity index (χ4v) is 3.04. The predicted octanol–water partition coefficient (Wildman–Crippen LogP) is 4.12. The van der Waals surface area contributed by atoms with E-state index in [1.165, 1.54) is 5.52 Å². The molecule has 0 bridgehead atoms. The fourth-order valence-electron chi connectivity index (χ4n) is 3.04. The van der Waals surface area contributed by atoms with Crippen LogP contribution < -0.4 is 5.32 Å². The van der Waals surface area contributed by atoms with Crippen LogP contribution in [0.2, 0.25) is 0 Å². The molecule has 0 spiro atoms. The molecule has 0 fully saturated rings. The summed E-state index contributed by atoms with van der Waals surface area (Å²) in [5.41, 5.74) is 4.12. The summed E-state index contributed by atoms with van der Waals surface area (Å²) < 4.78 is 2.30. The van der Waals surface area contributed by atoms with Crippen LogP contribution in [-0.4, -0.2) is 22.0 Å². The van der Waals surface area contributed by atoms with Gasteiger partial charge in [0.15, 0.2) is 0 Å². The average Bonchev–Trinajstić information content (AvgIpc) is 2.97. The monoisotopic (exact) mass is 335 g/mol. The van der Waals surface area contributed by atoms with Gasteiger partial charge in [0.05, 0.1) is 11.0 Å². The molecule has 0 saturated carbocycles. The van der Waals surface area contributed by atoms with Crippen molar-refractivity contribution in [3.05, 3.63) is 65.5 Å². The number of carbonyl (C=O) groups is 1. The molecule has 0 radical (unpaired) electrons. The zero-order chi connectivity index (χ0) is 17.6. The van der Waals surface area contributed by atoms with Crippen molar-refractivity contribution in [3.8, 4) is 0 Å². The molecule has 0 unspecified atom stereocenters. The van der Waals surface area contributed by atoms with E-state index in [4.69, 9.17) is 4.98 Å². The van der Waals surface area contributed by atoms with Gasteiger partial charge in [0.1, 0.15) is 5.82 Å². The number of benzene rings is 2. The second-order valence-electron chi connectivity index (χ2n) is 6.39. The Kier molecular flexibility index (Phi) is 5.49. The summed E-state index contributed by atoms with van der Waals surface area (Å²) in [5.74, 6) is 1.09. The molecule has 0 aliphatic heterocycles. The van der Waals surface area contributed by atoms with Crippen LogP contribution in [0.1, 0.15) is 41.5 Å². The van der Waals surface area contributed by atoms with E-state index >= 15 is 0 Å². The van der Waals surface area contributed by atoms with Crippen LogP contribution in [0.3, 0.4) is 0 Å². The molecule has 4 nitrogen and oxygen atoms in total. The van der Waals surface area contributed by atoms with E-state index in [9.17, 15) is 4.79 Å². The van der Waals surface area contributed by atoms with Crippen molar-refractivity contribution in [1.29, 1.82) is 0 Å². The van der Waals surface area contributed by atoms with Crippen molar-refractivity contribution in [1.82, 2.24) is 14.9 Å². The van der Waals surface area contributed by atoms with Crippen LogP contribution in [0.25, 0.3) is 11.0 Å². The Balaban J connectivity index is 1.58. The van der Waals surface area contributed by atoms with Gasteiger partial charge in [-0.15, -0.1) is 0 Å². The van der Waals surface area contributed by atoms with E-state index in [0.717, 1.165) is 42.7 Å². The highest BCUT2D eigenvalue weighted by atomic mass is 16.1. The molecule has 1 amide bonds. The first-order valence-corrected chi connectivity index (χ1v) is 8.98. The van der Waals surface area contributed by atoms with Gasteiger partial charge < -0.3 is 9.88 Å². The van der Waals surface area contributed by atoms with Gasteiger partial charge in [0.25, 0.3) is 5.91 Å². The van der Waals surface area contributed by atoms with Gasteiger partial charge in [-0.25, -0.2) is 4.98 Å². The Bertz CT molecular complexity index is 849. The lowest BCUT2D eigenvalue weighted by molar-refractivity contribution is 0.0953. The first-order chi connectivity index (χ1) is 12.2. The van der Waals surface area contributed by atoms with Crippen molar-refractivity contribution in [3.63, 3.8) is 0 Å². The standard InChI is InChI=1S/C21H25N3O/c1-3-15-24-19-8-5-4-7-18(19)23-20(24)9-6-14-22-21(25)17-12-10-16(2)11-13-17/h4-5,7-8,10-13H,3,6,9,14-15H2,1-2H3,(H,22,25). The Morgan fingerprint density at radius 1 is 1.12 bits per heavy atom. The van der Waals surface area contributed by atoms with Crippen LogP contribution in [0.5, 0.6) is 0 Å². The van der Waals surface area contributed by atoms with Crippen LogP contribution in [0, 0.1) is 6.92 Å². The third kappa shape index (κ3) is 4.08. The van der Waals surface area contributed by atoms with E-state index in [0.29, 0.717) is 12.1 Å². The number of rotatable bonds is 7. The normalized spacial score (nSPS) is 11.0. The summed E-state index contributed by atoms with van der Waals surface area (Å²) in [6.45, 7) is 5.83. The summed E-state index contributed by atoms with van der Waals surface area (Å²) in [5, 5.41) is 3.00. The van der Waals surface area contributed by atoms with Gasteiger partial charge in [0, 0.05) is 25.1 Å². The largest absolute Gasteiger partial charge is 0.352 e. The molecule has 3 rings (SSSR count). The predicted molar refractivity (Wildman–Crippen MR) is 102 cm³/mol. The van der Waals surface area contributed by atoms with Gasteiger partial charge in [-0.1, -0.05) is 36.8 Å². The minimum atomic E-state index is -0.0120. The maximum absolute atomic E-state index is 12.1. The zero-order valence-corrected chi connectivity index (χ0v) is 15.0. The molecular weight excluding hydrogens is 310 g/mol. The van der Waals surface area contributed by atoms with Crippen LogP contribution >= 0.6 is 0 Å². The Morgan fingerprint density at radius 2 is 1.88 bits per heavy atom. The molecule has 1 N–H and O–H groups in total. The summed E-state index contributed by atoms with van der Waals surface area (Å²) >= 11 is 0. The van der Waals surface area contributed by atoms with Crippen LogP contribution in [0.15, 0.2) is 48.5 Å². The lowest BCUT2D eigenvalue weighted by Gasteiger charge is -2.08. The molecule has 3 aromatic rings. The third-order valence-corrected chi connectivity index (χ3v) is 4.36. The van der Waals surface area contributed by atoms with E-state index in [-0.39, 0.29) is 5.91 Å². The highest BCUT2D eigenvalue weighted by Gasteiger charge is 2.10. The van der Waals surface area contributed by atoms with Crippen molar-refractivity contribution < 1.29 is 4.79 Å². The number of imidazole rings is 1. The fraction of sp³-hybridized carbons (Fsp3) is 0.333. The number of carbonyl (C=O) groups excluding carboxylic acids is 1. The number of hydrogen-bond donors (Lipinski definition) is 1. The number of aryl methyl sites for hydroxylation is 3. The molecule has 4 heteroatoms. The van der Waals surface area contributed by atoms with Gasteiger partial charge >= 0.3 is 0 Å². The van der Waals surface area contributed by atoms with Crippen molar-refractivity contribution in [2.75, 3.05) is 6.54 Å². The second kappa shape index (κ2) is 7.97. The lowest BCUT2D eigenvalue weighted by atomic mass is 10.1. The van der Waals surface area contributed by atoms with Crippen LogP contribution in [-0.2, 0) is 13.0 Å².